The van der Waals surface area contributed by atoms with Crippen LogP contribution in [0.2, 0.25) is 5.02 Å². The molecule has 0 spiro atoms. The van der Waals surface area contributed by atoms with Crippen molar-refractivity contribution < 1.29 is 19.1 Å². The van der Waals surface area contributed by atoms with Crippen LogP contribution in [0, 0.1) is 0 Å². The molecule has 1 aromatic heterocycles. The van der Waals surface area contributed by atoms with Crippen molar-refractivity contribution >= 4 is 29.9 Å². The molecule has 0 aliphatic carbocycles. The van der Waals surface area contributed by atoms with Crippen LogP contribution in [-0.4, -0.2) is 56.5 Å². The molecule has 1 aliphatic heterocycles. The van der Waals surface area contributed by atoms with Crippen LogP contribution in [0.25, 0.3) is 17.6 Å². The van der Waals surface area contributed by atoms with E-state index in [4.69, 9.17) is 21.1 Å². The van der Waals surface area contributed by atoms with E-state index in [9.17, 15) is 9.59 Å². The van der Waals surface area contributed by atoms with E-state index in [1.54, 1.807) is 17.0 Å². The number of esters is 1. The number of ether oxygens (including phenoxy) is 2. The van der Waals surface area contributed by atoms with E-state index in [1.165, 1.54) is 23.3 Å². The number of halogens is 1. The lowest BCUT2D eigenvalue weighted by molar-refractivity contribution is -0.139. The van der Waals surface area contributed by atoms with Crippen molar-refractivity contribution in [3.63, 3.8) is 0 Å². The zero-order chi connectivity index (χ0) is 21.7. The van der Waals surface area contributed by atoms with Gasteiger partial charge in [0, 0.05) is 29.4 Å². The van der Waals surface area contributed by atoms with E-state index in [1.807, 2.05) is 32.9 Å². The van der Waals surface area contributed by atoms with Crippen LogP contribution in [0.1, 0.15) is 33.6 Å². The smallest absolute Gasteiger partial charge is 0.410 e. The van der Waals surface area contributed by atoms with Crippen LogP contribution >= 0.6 is 11.6 Å². The second-order valence-electron chi connectivity index (χ2n) is 7.97. The molecule has 3 rings (SSSR count). The summed E-state index contributed by atoms with van der Waals surface area (Å²) >= 11 is 5.98. The summed E-state index contributed by atoms with van der Waals surface area (Å²) in [6.45, 7) is 6.18. The Morgan fingerprint density at radius 2 is 2.13 bits per heavy atom. The van der Waals surface area contributed by atoms with Crippen LogP contribution in [0.4, 0.5) is 4.79 Å². The third-order valence-electron chi connectivity index (χ3n) is 4.38. The normalized spacial score (nSPS) is 16.8. The maximum absolute atomic E-state index is 12.3. The summed E-state index contributed by atoms with van der Waals surface area (Å²) < 4.78 is 12.1. The monoisotopic (exact) mass is 432 g/mol. The summed E-state index contributed by atoms with van der Waals surface area (Å²) in [5, 5.41) is 4.88. The average Bonchev–Trinajstić information content (AvgIpc) is 3.33. The van der Waals surface area contributed by atoms with Gasteiger partial charge in [0.1, 0.15) is 18.5 Å². The number of aromatic nitrogens is 3. The molecule has 1 amide bonds. The van der Waals surface area contributed by atoms with Crippen LogP contribution in [0.5, 0.6) is 0 Å². The minimum Gasteiger partial charge on any atom is -0.460 e. The first-order chi connectivity index (χ1) is 14.2. The Bertz CT molecular complexity index is 935. The Morgan fingerprint density at radius 3 is 2.87 bits per heavy atom. The lowest BCUT2D eigenvalue weighted by Gasteiger charge is -2.28. The van der Waals surface area contributed by atoms with Gasteiger partial charge in [-0.3, -0.25) is 0 Å². The van der Waals surface area contributed by atoms with Crippen LogP contribution < -0.4 is 0 Å². The van der Waals surface area contributed by atoms with E-state index in [0.29, 0.717) is 17.4 Å². The van der Waals surface area contributed by atoms with Gasteiger partial charge < -0.3 is 14.4 Å². The van der Waals surface area contributed by atoms with Gasteiger partial charge in [0.05, 0.1) is 6.04 Å². The van der Waals surface area contributed by atoms with Crippen molar-refractivity contribution in [3.8, 4) is 11.4 Å². The fourth-order valence-corrected chi connectivity index (χ4v) is 3.23. The largest absolute Gasteiger partial charge is 0.460 e. The van der Waals surface area contributed by atoms with E-state index in [-0.39, 0.29) is 18.7 Å². The van der Waals surface area contributed by atoms with Gasteiger partial charge in [-0.05, 0) is 45.7 Å². The summed E-state index contributed by atoms with van der Waals surface area (Å²) in [6, 6.07) is 7.01. The van der Waals surface area contributed by atoms with Gasteiger partial charge >= 0.3 is 12.1 Å². The number of benzene rings is 1. The van der Waals surface area contributed by atoms with E-state index >= 15 is 0 Å². The summed E-state index contributed by atoms with van der Waals surface area (Å²) in [4.78, 5) is 30.2. The molecular weight excluding hydrogens is 408 g/mol. The number of likely N-dealkylation sites (tertiary alicyclic amines) is 1. The van der Waals surface area contributed by atoms with Gasteiger partial charge in [-0.15, -0.1) is 5.10 Å². The third-order valence-corrected chi connectivity index (χ3v) is 4.61. The lowest BCUT2D eigenvalue weighted by atomic mass is 10.2. The van der Waals surface area contributed by atoms with Crippen LogP contribution in [-0.2, 0) is 14.3 Å². The van der Waals surface area contributed by atoms with Gasteiger partial charge in [-0.1, -0.05) is 23.7 Å². The quantitative estimate of drug-likeness (QED) is 0.524. The number of rotatable bonds is 5. The van der Waals surface area contributed by atoms with Crippen molar-refractivity contribution in [2.24, 2.45) is 0 Å². The molecule has 0 radical (unpaired) electrons. The molecule has 1 unspecified atom stereocenters. The van der Waals surface area contributed by atoms with E-state index in [0.717, 1.165) is 18.4 Å². The first-order valence-corrected chi connectivity index (χ1v) is 10.1. The maximum atomic E-state index is 12.3. The van der Waals surface area contributed by atoms with Crippen LogP contribution in [0.15, 0.2) is 36.7 Å². The highest BCUT2D eigenvalue weighted by Gasteiger charge is 2.32. The van der Waals surface area contributed by atoms with Gasteiger partial charge in [0.2, 0.25) is 0 Å². The number of nitrogens with zero attached hydrogens (tertiary/aromatic N) is 4. The molecule has 2 heterocycles. The molecule has 0 bridgehead atoms. The summed E-state index contributed by atoms with van der Waals surface area (Å²) in [7, 11) is 0. The average molecular weight is 433 g/mol. The molecule has 1 aromatic carbocycles. The van der Waals surface area contributed by atoms with Gasteiger partial charge in [-0.25, -0.2) is 19.3 Å². The molecular formula is C21H25ClN4O4. The molecule has 1 saturated heterocycles. The van der Waals surface area contributed by atoms with E-state index in [2.05, 4.69) is 10.1 Å². The Balaban J connectivity index is 1.52. The Morgan fingerprint density at radius 1 is 1.33 bits per heavy atom. The molecule has 8 nitrogen and oxygen atoms in total. The first-order valence-electron chi connectivity index (χ1n) is 9.73. The molecule has 1 fully saturated rings. The highest BCUT2D eigenvalue weighted by molar-refractivity contribution is 6.30. The fraction of sp³-hybridized carbons (Fsp3) is 0.429. The van der Waals surface area contributed by atoms with Crippen molar-refractivity contribution in [3.05, 3.63) is 41.7 Å². The molecule has 0 N–H and O–H groups in total. The topological polar surface area (TPSA) is 86.5 Å². The van der Waals surface area contributed by atoms with Gasteiger partial charge in [-0.2, -0.15) is 0 Å². The van der Waals surface area contributed by atoms with Crippen LogP contribution in [0.3, 0.4) is 0 Å². The van der Waals surface area contributed by atoms with Gasteiger partial charge in [0.15, 0.2) is 5.82 Å². The maximum Gasteiger partial charge on any atom is 0.410 e. The number of hydrogen-bond donors (Lipinski definition) is 0. The predicted molar refractivity (Wildman–Crippen MR) is 113 cm³/mol. The number of carbonyl (C=O) groups is 2. The summed E-state index contributed by atoms with van der Waals surface area (Å²) in [5.41, 5.74) is 0.214. The number of hydrogen-bond acceptors (Lipinski definition) is 6. The molecule has 2 aromatic rings. The molecule has 1 atom stereocenters. The van der Waals surface area contributed by atoms with E-state index < -0.39 is 11.6 Å². The minimum atomic E-state index is -0.564. The third kappa shape index (κ3) is 6.06. The second kappa shape index (κ2) is 9.30. The standard InChI is InChI=1S/C21H25ClN4O4/c1-21(2,3)30-20(28)26-10-5-8-17(26)13-29-18(27)9-11-25-14-23-19(24-25)15-6-4-7-16(22)12-15/h4,6-7,9,11-12,14,17H,5,8,10,13H2,1-3H3. The highest BCUT2D eigenvalue weighted by Crippen LogP contribution is 2.21. The Labute approximate surface area is 180 Å². The van der Waals surface area contributed by atoms with Crippen molar-refractivity contribution in [2.45, 2.75) is 45.3 Å². The second-order valence-corrected chi connectivity index (χ2v) is 8.41. The van der Waals surface area contributed by atoms with Gasteiger partial charge in [0.25, 0.3) is 0 Å². The Kier molecular flexibility index (Phi) is 6.77. The molecule has 1 aliphatic rings. The number of carbonyl (C=O) groups excluding carboxylic acids is 2. The first kappa shape index (κ1) is 21.8. The fourth-order valence-electron chi connectivity index (χ4n) is 3.04. The minimum absolute atomic E-state index is 0.119. The lowest BCUT2D eigenvalue weighted by Crippen LogP contribution is -2.42. The zero-order valence-corrected chi connectivity index (χ0v) is 18.0. The molecule has 30 heavy (non-hydrogen) atoms. The SMILES string of the molecule is CC(C)(C)OC(=O)N1CCCC1COC(=O)C=Cn1cnc(-c2cccc(Cl)c2)n1. The highest BCUT2D eigenvalue weighted by atomic mass is 35.5. The zero-order valence-electron chi connectivity index (χ0n) is 17.2. The molecule has 160 valence electrons. The molecule has 0 saturated carbocycles. The number of amides is 1. The summed E-state index contributed by atoms with van der Waals surface area (Å²) in [6.07, 6.45) is 5.45. The predicted octanol–water partition coefficient (Wildman–Crippen LogP) is 4.01. The Hall–Kier alpha value is -2.87. The van der Waals surface area contributed by atoms with Crippen molar-refractivity contribution in [1.29, 1.82) is 0 Å². The molecule has 9 heteroatoms. The van der Waals surface area contributed by atoms with Crippen molar-refractivity contribution in [1.82, 2.24) is 19.7 Å². The summed E-state index contributed by atoms with van der Waals surface area (Å²) in [5.74, 6) is -0.0275. The van der Waals surface area contributed by atoms with Crippen molar-refractivity contribution in [2.75, 3.05) is 13.2 Å².